The van der Waals surface area contributed by atoms with Crippen molar-refractivity contribution in [3.8, 4) is 0 Å². The summed E-state index contributed by atoms with van der Waals surface area (Å²) in [5, 5.41) is -0.177. The Bertz CT molecular complexity index is 465. The van der Waals surface area contributed by atoms with Crippen LogP contribution in [-0.2, 0) is 16.1 Å². The molecule has 1 heterocycles. The monoisotopic (exact) mass is 241 g/mol. The van der Waals surface area contributed by atoms with E-state index < -0.39 is 14.6 Å². The Labute approximate surface area is 84.1 Å². The maximum atomic E-state index is 11.0. The van der Waals surface area contributed by atoms with E-state index in [1.165, 1.54) is 7.05 Å². The van der Waals surface area contributed by atoms with Crippen LogP contribution in [0.15, 0.2) is 22.0 Å². The highest BCUT2D eigenvalue weighted by Gasteiger charge is 2.12. The molecule has 7 heteroatoms. The van der Waals surface area contributed by atoms with Gasteiger partial charge in [-0.05, 0) is 6.07 Å². The summed E-state index contributed by atoms with van der Waals surface area (Å²) in [6.07, 6.45) is 1.11. The summed E-state index contributed by atoms with van der Waals surface area (Å²) in [6.45, 7) is 0. The van der Waals surface area contributed by atoms with Crippen LogP contribution in [0.3, 0.4) is 0 Å². The Morgan fingerprint density at radius 3 is 2.38 bits per heavy atom. The molecule has 0 aromatic carbocycles. The second kappa shape index (κ2) is 3.32. The molecule has 1 aromatic rings. The lowest BCUT2D eigenvalue weighted by atomic mass is 10.5. The summed E-state index contributed by atoms with van der Waals surface area (Å²) in [5.74, 6) is 0. The van der Waals surface area contributed by atoms with E-state index in [9.17, 15) is 13.2 Å². The molecule has 0 aliphatic rings. The summed E-state index contributed by atoms with van der Waals surface area (Å²) >= 11 is 5.47. The number of halogens is 2. The molecular weight excluding hydrogens is 237 g/mol. The van der Waals surface area contributed by atoms with Crippen LogP contribution in [0.4, 0.5) is 0 Å². The van der Waals surface area contributed by atoms with Crippen molar-refractivity contribution < 1.29 is 8.42 Å². The third kappa shape index (κ3) is 2.24. The molecule has 72 valence electrons. The van der Waals surface area contributed by atoms with Crippen molar-refractivity contribution in [1.29, 1.82) is 0 Å². The van der Waals surface area contributed by atoms with Crippen LogP contribution < -0.4 is 5.56 Å². The van der Waals surface area contributed by atoms with Gasteiger partial charge in [0.25, 0.3) is 14.6 Å². The Balaban J connectivity index is 3.56. The highest BCUT2D eigenvalue weighted by Crippen LogP contribution is 2.15. The van der Waals surface area contributed by atoms with Crippen molar-refractivity contribution in [3.63, 3.8) is 0 Å². The van der Waals surface area contributed by atoms with Crippen molar-refractivity contribution in [2.45, 2.75) is 4.90 Å². The number of hydrogen-bond acceptors (Lipinski definition) is 3. The van der Waals surface area contributed by atoms with E-state index in [0.717, 1.165) is 16.8 Å². The standard InChI is InChI=1S/C6H5Cl2NO3S/c1-9-3-4(13(8,11)12)2-5(7)6(9)10/h2-3H,1H3. The fourth-order valence-electron chi connectivity index (χ4n) is 0.775. The van der Waals surface area contributed by atoms with Crippen molar-refractivity contribution in [1.82, 2.24) is 4.57 Å². The molecule has 0 unspecified atom stereocenters. The fourth-order valence-corrected chi connectivity index (χ4v) is 1.89. The summed E-state index contributed by atoms with van der Waals surface area (Å²) in [5.41, 5.74) is -0.467. The van der Waals surface area contributed by atoms with Crippen LogP contribution in [0.1, 0.15) is 0 Å². The smallest absolute Gasteiger partial charge is 0.269 e. The maximum absolute atomic E-state index is 11.0. The number of aryl methyl sites for hydroxylation is 1. The molecule has 0 atom stereocenters. The lowest BCUT2D eigenvalue weighted by Crippen LogP contribution is -2.17. The van der Waals surface area contributed by atoms with Crippen LogP contribution in [0.2, 0.25) is 5.02 Å². The molecule has 0 spiro atoms. The van der Waals surface area contributed by atoms with Crippen molar-refractivity contribution in [2.24, 2.45) is 7.05 Å². The van der Waals surface area contributed by atoms with Gasteiger partial charge in [0, 0.05) is 23.9 Å². The molecule has 0 saturated carbocycles. The normalized spacial score (nSPS) is 11.6. The van der Waals surface area contributed by atoms with E-state index in [1.54, 1.807) is 0 Å². The van der Waals surface area contributed by atoms with E-state index in [0.29, 0.717) is 0 Å². The summed E-state index contributed by atoms with van der Waals surface area (Å²) in [4.78, 5) is 10.8. The first-order valence-corrected chi connectivity index (χ1v) is 5.82. The zero-order valence-electron chi connectivity index (χ0n) is 6.49. The number of hydrogen-bond donors (Lipinski definition) is 0. The first-order valence-electron chi connectivity index (χ1n) is 3.13. The van der Waals surface area contributed by atoms with Gasteiger partial charge in [-0.1, -0.05) is 11.6 Å². The minimum Gasteiger partial charge on any atom is -0.316 e. The Kier molecular flexibility index (Phi) is 2.70. The van der Waals surface area contributed by atoms with Gasteiger partial charge in [-0.15, -0.1) is 0 Å². The predicted molar refractivity (Wildman–Crippen MR) is 49.7 cm³/mol. The minimum atomic E-state index is -3.84. The molecule has 0 fully saturated rings. The molecule has 4 nitrogen and oxygen atoms in total. The van der Waals surface area contributed by atoms with Crippen LogP contribution in [-0.4, -0.2) is 13.0 Å². The number of aromatic nitrogens is 1. The van der Waals surface area contributed by atoms with Crippen molar-refractivity contribution in [3.05, 3.63) is 27.6 Å². The van der Waals surface area contributed by atoms with Gasteiger partial charge in [-0.2, -0.15) is 0 Å². The Hall–Kier alpha value is -0.520. The van der Waals surface area contributed by atoms with Gasteiger partial charge in [0.05, 0.1) is 0 Å². The lowest BCUT2D eigenvalue weighted by Gasteiger charge is -2.00. The number of nitrogens with zero attached hydrogens (tertiary/aromatic N) is 1. The summed E-state index contributed by atoms with van der Waals surface area (Å²) in [6, 6.07) is 1.02. The maximum Gasteiger partial charge on any atom is 0.269 e. The van der Waals surface area contributed by atoms with Gasteiger partial charge in [-0.3, -0.25) is 4.79 Å². The highest BCUT2D eigenvalue weighted by molar-refractivity contribution is 8.13. The van der Waals surface area contributed by atoms with E-state index >= 15 is 0 Å². The Morgan fingerprint density at radius 2 is 2.00 bits per heavy atom. The lowest BCUT2D eigenvalue weighted by molar-refractivity contribution is 0.608. The third-order valence-corrected chi connectivity index (χ3v) is 2.99. The second-order valence-corrected chi connectivity index (χ2v) is 5.35. The zero-order valence-corrected chi connectivity index (χ0v) is 8.82. The molecule has 0 N–H and O–H groups in total. The first kappa shape index (κ1) is 10.6. The Morgan fingerprint density at radius 1 is 1.46 bits per heavy atom. The van der Waals surface area contributed by atoms with Gasteiger partial charge in [0.15, 0.2) is 0 Å². The average molecular weight is 242 g/mol. The summed E-state index contributed by atoms with van der Waals surface area (Å²) < 4.78 is 22.7. The highest BCUT2D eigenvalue weighted by atomic mass is 35.7. The molecular formula is C6H5Cl2NO3S. The summed E-state index contributed by atoms with van der Waals surface area (Å²) in [7, 11) is 2.61. The zero-order chi connectivity index (χ0) is 10.2. The van der Waals surface area contributed by atoms with Crippen LogP contribution in [0.5, 0.6) is 0 Å². The second-order valence-electron chi connectivity index (χ2n) is 2.38. The topological polar surface area (TPSA) is 56.1 Å². The predicted octanol–water partition coefficient (Wildman–Crippen LogP) is 0.966. The third-order valence-electron chi connectivity index (χ3n) is 1.40. The molecule has 1 rings (SSSR count). The van der Waals surface area contributed by atoms with Crippen LogP contribution >= 0.6 is 22.3 Å². The van der Waals surface area contributed by atoms with Gasteiger partial charge in [-0.25, -0.2) is 8.42 Å². The molecule has 0 aliphatic heterocycles. The van der Waals surface area contributed by atoms with E-state index in [-0.39, 0.29) is 9.92 Å². The van der Waals surface area contributed by atoms with E-state index in [2.05, 4.69) is 0 Å². The molecule has 0 radical (unpaired) electrons. The number of rotatable bonds is 1. The molecule has 0 aliphatic carbocycles. The van der Waals surface area contributed by atoms with Crippen molar-refractivity contribution in [2.75, 3.05) is 0 Å². The molecule has 13 heavy (non-hydrogen) atoms. The fraction of sp³-hybridized carbons (Fsp3) is 0.167. The minimum absolute atomic E-state index is 0.177. The first-order chi connectivity index (χ1) is 5.82. The SMILES string of the molecule is Cn1cc(S(=O)(=O)Cl)cc(Cl)c1=O. The molecule has 0 saturated heterocycles. The van der Waals surface area contributed by atoms with Crippen LogP contribution in [0, 0.1) is 0 Å². The molecule has 0 bridgehead atoms. The van der Waals surface area contributed by atoms with Crippen LogP contribution in [0.25, 0.3) is 0 Å². The quantitative estimate of drug-likeness (QED) is 0.689. The largest absolute Gasteiger partial charge is 0.316 e. The average Bonchev–Trinajstić information content (AvgIpc) is 1.97. The van der Waals surface area contributed by atoms with Gasteiger partial charge >= 0.3 is 0 Å². The van der Waals surface area contributed by atoms with Gasteiger partial charge in [0.2, 0.25) is 0 Å². The molecule has 1 aromatic heterocycles. The number of pyridine rings is 1. The van der Waals surface area contributed by atoms with Gasteiger partial charge in [0.1, 0.15) is 9.92 Å². The van der Waals surface area contributed by atoms with E-state index in [1.807, 2.05) is 0 Å². The van der Waals surface area contributed by atoms with Gasteiger partial charge < -0.3 is 4.57 Å². The van der Waals surface area contributed by atoms with Crippen molar-refractivity contribution >= 4 is 31.3 Å². The molecule has 0 amide bonds. The van der Waals surface area contributed by atoms with E-state index in [4.69, 9.17) is 22.3 Å².